The molecule has 0 aliphatic heterocycles. The molecule has 0 atom stereocenters. The van der Waals surface area contributed by atoms with E-state index in [1.54, 1.807) is 26.0 Å². The van der Waals surface area contributed by atoms with Crippen molar-refractivity contribution in [3.8, 4) is 0 Å². The van der Waals surface area contributed by atoms with Crippen molar-refractivity contribution in [1.29, 1.82) is 0 Å². The lowest BCUT2D eigenvalue weighted by Crippen LogP contribution is -2.15. The molecule has 1 aromatic carbocycles. The zero-order valence-corrected chi connectivity index (χ0v) is 11.9. The second kappa shape index (κ2) is 7.49. The molecule has 0 N–H and O–H groups in total. The molecule has 0 saturated carbocycles. The zero-order valence-electron chi connectivity index (χ0n) is 11.9. The summed E-state index contributed by atoms with van der Waals surface area (Å²) in [5.41, 5.74) is 1.38. The van der Waals surface area contributed by atoms with Gasteiger partial charge in [0, 0.05) is 0 Å². The van der Waals surface area contributed by atoms with E-state index in [4.69, 9.17) is 0 Å². The molecule has 110 valence electrons. The van der Waals surface area contributed by atoms with Gasteiger partial charge in [-0.2, -0.15) is 0 Å². The largest absolute Gasteiger partial charge is 0.543 e. The van der Waals surface area contributed by atoms with Crippen LogP contribution in [0.3, 0.4) is 0 Å². The van der Waals surface area contributed by atoms with E-state index < -0.39 is 12.1 Å². The predicted octanol–water partition coefficient (Wildman–Crippen LogP) is 3.38. The highest BCUT2D eigenvalue weighted by molar-refractivity contribution is 5.88. The SMILES string of the molecule is CC(C)OC(=O)OOOC(=O)c1ccc(C(C)C)cc1. The Hall–Kier alpha value is -2.08. The Balaban J connectivity index is 2.41. The minimum Gasteiger partial charge on any atom is -0.430 e. The summed E-state index contributed by atoms with van der Waals surface area (Å²) in [6.07, 6.45) is -1.44. The third-order valence-electron chi connectivity index (χ3n) is 2.36. The fraction of sp³-hybridized carbons (Fsp3) is 0.429. The fourth-order valence-electron chi connectivity index (χ4n) is 1.34. The molecule has 0 unspecified atom stereocenters. The molecule has 20 heavy (non-hydrogen) atoms. The lowest BCUT2D eigenvalue weighted by atomic mass is 10.0. The molecule has 0 heterocycles. The van der Waals surface area contributed by atoms with Crippen LogP contribution in [-0.4, -0.2) is 18.2 Å². The van der Waals surface area contributed by atoms with Gasteiger partial charge in [0.25, 0.3) is 0 Å². The van der Waals surface area contributed by atoms with Crippen LogP contribution in [0, 0.1) is 0 Å². The molecule has 0 saturated heterocycles. The molecule has 0 fully saturated rings. The van der Waals surface area contributed by atoms with Crippen LogP contribution in [0.15, 0.2) is 24.3 Å². The monoisotopic (exact) mass is 282 g/mol. The smallest absolute Gasteiger partial charge is 0.430 e. The van der Waals surface area contributed by atoms with Crippen LogP contribution >= 0.6 is 0 Å². The summed E-state index contributed by atoms with van der Waals surface area (Å²) in [6.45, 7) is 7.38. The molecule has 0 aliphatic rings. The van der Waals surface area contributed by atoms with Gasteiger partial charge in [0.15, 0.2) is 0 Å². The van der Waals surface area contributed by atoms with Crippen LogP contribution in [0.25, 0.3) is 0 Å². The van der Waals surface area contributed by atoms with Gasteiger partial charge in [0.05, 0.1) is 16.7 Å². The summed E-state index contributed by atoms with van der Waals surface area (Å²) in [4.78, 5) is 30.9. The van der Waals surface area contributed by atoms with E-state index in [1.165, 1.54) is 0 Å². The molecule has 6 nitrogen and oxygen atoms in total. The number of hydrogen-bond acceptors (Lipinski definition) is 6. The first-order valence-electron chi connectivity index (χ1n) is 6.26. The standard InChI is InChI=1S/C14H18O6/c1-9(2)11-5-7-12(8-6-11)13(15)18-20-19-14(16)17-10(3)4/h5-10H,1-4H3. The first kappa shape index (κ1) is 16.0. The summed E-state index contributed by atoms with van der Waals surface area (Å²) < 4.78 is 4.60. The van der Waals surface area contributed by atoms with E-state index >= 15 is 0 Å². The van der Waals surface area contributed by atoms with Crippen molar-refractivity contribution in [2.24, 2.45) is 0 Å². The maximum atomic E-state index is 11.6. The van der Waals surface area contributed by atoms with E-state index in [-0.39, 0.29) is 11.7 Å². The molecule has 0 radical (unpaired) electrons. The van der Waals surface area contributed by atoms with Gasteiger partial charge in [0.1, 0.15) is 0 Å². The molecule has 1 aromatic rings. The fourth-order valence-corrected chi connectivity index (χ4v) is 1.34. The third kappa shape index (κ3) is 5.27. The number of benzene rings is 1. The first-order valence-corrected chi connectivity index (χ1v) is 6.26. The highest BCUT2D eigenvalue weighted by Crippen LogP contribution is 2.15. The van der Waals surface area contributed by atoms with Crippen LogP contribution in [-0.2, 0) is 19.6 Å². The number of ether oxygens (including phenoxy) is 1. The Morgan fingerprint density at radius 2 is 1.55 bits per heavy atom. The van der Waals surface area contributed by atoms with Crippen LogP contribution < -0.4 is 0 Å². The van der Waals surface area contributed by atoms with Gasteiger partial charge in [-0.25, -0.2) is 14.5 Å². The van der Waals surface area contributed by atoms with Gasteiger partial charge in [0.2, 0.25) is 0 Å². The van der Waals surface area contributed by atoms with E-state index in [1.807, 2.05) is 26.0 Å². The second-order valence-corrected chi connectivity index (χ2v) is 4.72. The molecule has 6 heteroatoms. The van der Waals surface area contributed by atoms with Crippen LogP contribution in [0.5, 0.6) is 0 Å². The van der Waals surface area contributed by atoms with Crippen molar-refractivity contribution in [3.63, 3.8) is 0 Å². The lowest BCUT2D eigenvalue weighted by Gasteiger charge is -2.07. The maximum Gasteiger partial charge on any atom is 0.543 e. The minimum absolute atomic E-state index is 0.287. The van der Waals surface area contributed by atoms with Crippen molar-refractivity contribution in [1.82, 2.24) is 0 Å². The Kier molecular flexibility index (Phi) is 5.99. The van der Waals surface area contributed by atoms with Gasteiger partial charge < -0.3 is 4.74 Å². The minimum atomic E-state index is -1.08. The van der Waals surface area contributed by atoms with Crippen molar-refractivity contribution in [3.05, 3.63) is 35.4 Å². The summed E-state index contributed by atoms with van der Waals surface area (Å²) >= 11 is 0. The normalized spacial score (nSPS) is 10.5. The number of rotatable bonds is 5. The summed E-state index contributed by atoms with van der Waals surface area (Å²) in [5.74, 6) is -0.400. The molecule has 0 amide bonds. The third-order valence-corrected chi connectivity index (χ3v) is 2.36. The summed E-state index contributed by atoms with van der Waals surface area (Å²) in [5, 5.41) is 4.07. The Morgan fingerprint density at radius 3 is 2.05 bits per heavy atom. The molecule has 0 aromatic heterocycles. The molecule has 0 aliphatic carbocycles. The Labute approximate surface area is 117 Å². The maximum absolute atomic E-state index is 11.6. The average Bonchev–Trinajstić information content (AvgIpc) is 2.37. The van der Waals surface area contributed by atoms with Gasteiger partial charge in [-0.3, -0.25) is 4.89 Å². The molecular formula is C14H18O6. The Morgan fingerprint density at radius 1 is 0.950 bits per heavy atom. The summed E-state index contributed by atoms with van der Waals surface area (Å²) in [7, 11) is 0. The molecule has 0 spiro atoms. The molecular weight excluding hydrogens is 264 g/mol. The Bertz CT molecular complexity index is 449. The average molecular weight is 282 g/mol. The molecule has 0 bridgehead atoms. The van der Waals surface area contributed by atoms with Crippen molar-refractivity contribution < 1.29 is 29.1 Å². The zero-order chi connectivity index (χ0) is 15.1. The van der Waals surface area contributed by atoms with Crippen molar-refractivity contribution in [2.45, 2.75) is 39.7 Å². The van der Waals surface area contributed by atoms with Gasteiger partial charge in [-0.05, 0) is 37.5 Å². The lowest BCUT2D eigenvalue weighted by molar-refractivity contribution is -0.452. The van der Waals surface area contributed by atoms with Crippen LogP contribution in [0.1, 0.15) is 49.5 Å². The quantitative estimate of drug-likeness (QED) is 0.468. The highest BCUT2D eigenvalue weighted by Gasteiger charge is 2.13. The highest BCUT2D eigenvalue weighted by atomic mass is 17.5. The van der Waals surface area contributed by atoms with Crippen molar-refractivity contribution in [2.75, 3.05) is 0 Å². The van der Waals surface area contributed by atoms with Gasteiger partial charge in [-0.15, -0.1) is 0 Å². The van der Waals surface area contributed by atoms with E-state index in [0.717, 1.165) is 5.56 Å². The predicted molar refractivity (Wildman–Crippen MR) is 69.7 cm³/mol. The van der Waals surface area contributed by atoms with E-state index in [0.29, 0.717) is 5.92 Å². The van der Waals surface area contributed by atoms with E-state index in [9.17, 15) is 9.59 Å². The topological polar surface area (TPSA) is 71.1 Å². The number of hydrogen-bond donors (Lipinski definition) is 0. The summed E-state index contributed by atoms with van der Waals surface area (Å²) in [6, 6.07) is 6.84. The van der Waals surface area contributed by atoms with Crippen LogP contribution in [0.4, 0.5) is 4.79 Å². The van der Waals surface area contributed by atoms with E-state index in [2.05, 4.69) is 19.6 Å². The number of carbonyl (C=O) groups is 2. The van der Waals surface area contributed by atoms with Gasteiger partial charge in [-0.1, -0.05) is 26.0 Å². The van der Waals surface area contributed by atoms with Crippen LogP contribution in [0.2, 0.25) is 0 Å². The van der Waals surface area contributed by atoms with Gasteiger partial charge >= 0.3 is 12.1 Å². The van der Waals surface area contributed by atoms with Crippen molar-refractivity contribution >= 4 is 12.1 Å². The first-order chi connectivity index (χ1) is 9.40. The number of carbonyl (C=O) groups excluding carboxylic acids is 2. The second-order valence-electron chi connectivity index (χ2n) is 4.72. The molecule has 1 rings (SSSR count).